The van der Waals surface area contributed by atoms with E-state index >= 15 is 0 Å². The Kier molecular flexibility index (Phi) is 16.5. The van der Waals surface area contributed by atoms with Crippen molar-refractivity contribution in [2.45, 2.75) is 142 Å². The largest absolute Gasteiger partial charge is 0.394 e. The molecule has 53 heavy (non-hydrogen) atoms. The van der Waals surface area contributed by atoms with E-state index in [1.807, 2.05) is 0 Å². The van der Waals surface area contributed by atoms with Crippen molar-refractivity contribution < 1.29 is 109 Å². The number of ether oxygens (including phenoxy) is 10. The van der Waals surface area contributed by atoms with Gasteiger partial charge in [0.2, 0.25) is 0 Å². The van der Waals surface area contributed by atoms with Crippen molar-refractivity contribution in [1.82, 2.24) is 0 Å². The third-order valence-corrected chi connectivity index (χ3v) is 9.84. The van der Waals surface area contributed by atoms with Gasteiger partial charge < -0.3 is 109 Å². The van der Waals surface area contributed by atoms with E-state index in [-0.39, 0.29) is 0 Å². The Bertz CT molecular complexity index is 1090. The van der Waals surface area contributed by atoms with E-state index in [0.717, 1.165) is 0 Å². The number of aliphatic hydroxyl groups is 12. The van der Waals surface area contributed by atoms with E-state index in [0.29, 0.717) is 0 Å². The highest BCUT2D eigenvalue weighted by Gasteiger charge is 2.55. The molecule has 4 rings (SSSR count). The van der Waals surface area contributed by atoms with Crippen molar-refractivity contribution in [2.75, 3.05) is 53.9 Å². The standard InChI is InChI=1S/C31H56O22/c1-11-16(36)17(37)25(14(7-34)48-11)52-29-21(41)19(39)26(15(51-29)8-46-28-20(40)18(38)23(44-3)12(5-32)49-28)53-30-27(47-10-31(2,43)9-35)22(42)24(45-4)13(6-33)50-30/h11-30,32-43H,5-10H2,1-4H3. The minimum absolute atomic E-state index is 0.570. The van der Waals surface area contributed by atoms with Crippen molar-refractivity contribution >= 4 is 0 Å². The first-order chi connectivity index (χ1) is 25.1. The second-order valence-electron chi connectivity index (χ2n) is 13.9. The Morgan fingerprint density at radius 3 is 1.53 bits per heavy atom. The lowest BCUT2D eigenvalue weighted by molar-refractivity contribution is -0.382. The predicted octanol–water partition coefficient (Wildman–Crippen LogP) is -7.60. The first-order valence-electron chi connectivity index (χ1n) is 17.2. The van der Waals surface area contributed by atoms with E-state index in [1.165, 1.54) is 28.1 Å². The predicted molar refractivity (Wildman–Crippen MR) is 168 cm³/mol. The molecule has 0 aromatic heterocycles. The van der Waals surface area contributed by atoms with Crippen LogP contribution in [0.25, 0.3) is 0 Å². The summed E-state index contributed by atoms with van der Waals surface area (Å²) >= 11 is 0. The molecule has 4 saturated heterocycles. The molecule has 4 aliphatic heterocycles. The summed E-state index contributed by atoms with van der Waals surface area (Å²) in [6.45, 7) is -1.31. The summed E-state index contributed by atoms with van der Waals surface area (Å²) < 4.78 is 56.7. The fourth-order valence-corrected chi connectivity index (χ4v) is 6.68. The molecule has 4 heterocycles. The molecule has 0 amide bonds. The Hall–Kier alpha value is -0.880. The Morgan fingerprint density at radius 2 is 0.962 bits per heavy atom. The molecule has 0 aliphatic carbocycles. The average molecular weight is 781 g/mol. The monoisotopic (exact) mass is 780 g/mol. The van der Waals surface area contributed by atoms with E-state index in [9.17, 15) is 61.3 Å². The molecule has 12 N–H and O–H groups in total. The zero-order valence-electron chi connectivity index (χ0n) is 29.7. The molecule has 22 heteroatoms. The molecule has 4 aliphatic rings. The molecule has 312 valence electrons. The van der Waals surface area contributed by atoms with E-state index in [4.69, 9.17) is 47.4 Å². The zero-order chi connectivity index (χ0) is 39.4. The van der Waals surface area contributed by atoms with E-state index < -0.39 is 168 Å². The maximum absolute atomic E-state index is 11.5. The summed E-state index contributed by atoms with van der Waals surface area (Å²) in [5, 5.41) is 126. The van der Waals surface area contributed by atoms with Crippen LogP contribution in [0.4, 0.5) is 0 Å². The summed E-state index contributed by atoms with van der Waals surface area (Å²) in [6, 6.07) is 0. The SMILES string of the molecule is COC1C(CO)OC(OCC2OC(OC3C(CO)OC(C)C(O)C3O)C(O)C(O)C2OC2OC(CO)C(OC)C(O)C2OCC(C)(O)CO)C(O)C1O. The Balaban J connectivity index is 1.64. The van der Waals surface area contributed by atoms with Crippen LogP contribution in [0, 0.1) is 0 Å². The van der Waals surface area contributed by atoms with Gasteiger partial charge in [0.15, 0.2) is 18.9 Å². The van der Waals surface area contributed by atoms with Crippen LogP contribution in [0.2, 0.25) is 0 Å². The lowest BCUT2D eigenvalue weighted by atomic mass is 9.94. The van der Waals surface area contributed by atoms with Crippen molar-refractivity contribution in [3.8, 4) is 0 Å². The lowest BCUT2D eigenvalue weighted by Gasteiger charge is -2.49. The molecule has 0 aromatic rings. The average Bonchev–Trinajstić information content (AvgIpc) is 3.14. The van der Waals surface area contributed by atoms with Gasteiger partial charge in [-0.3, -0.25) is 0 Å². The molecular formula is C31H56O22. The third-order valence-electron chi connectivity index (χ3n) is 9.84. The first-order valence-corrected chi connectivity index (χ1v) is 17.2. The minimum atomic E-state index is -2.00. The van der Waals surface area contributed by atoms with Gasteiger partial charge in [-0.25, -0.2) is 0 Å². The van der Waals surface area contributed by atoms with E-state index in [2.05, 4.69) is 0 Å². The quantitative estimate of drug-likeness (QED) is 0.0692. The van der Waals surface area contributed by atoms with Crippen molar-refractivity contribution in [1.29, 1.82) is 0 Å². The van der Waals surface area contributed by atoms with Gasteiger partial charge in [-0.05, 0) is 13.8 Å². The summed E-state index contributed by atoms with van der Waals surface area (Å²) in [7, 11) is 2.46. The molecule has 0 bridgehead atoms. The molecule has 21 atom stereocenters. The van der Waals surface area contributed by atoms with Gasteiger partial charge in [0.25, 0.3) is 0 Å². The fraction of sp³-hybridized carbons (Fsp3) is 1.00. The van der Waals surface area contributed by atoms with Gasteiger partial charge in [0, 0.05) is 14.2 Å². The number of rotatable bonds is 16. The second kappa shape index (κ2) is 19.5. The van der Waals surface area contributed by atoms with Crippen LogP contribution in [-0.4, -0.2) is 243 Å². The van der Waals surface area contributed by atoms with Gasteiger partial charge in [-0.2, -0.15) is 0 Å². The highest BCUT2D eigenvalue weighted by atomic mass is 16.8. The molecule has 0 radical (unpaired) electrons. The van der Waals surface area contributed by atoms with Gasteiger partial charge in [0.1, 0.15) is 103 Å². The van der Waals surface area contributed by atoms with Crippen LogP contribution in [0.15, 0.2) is 0 Å². The number of aliphatic hydroxyl groups excluding tert-OH is 11. The first kappa shape index (κ1) is 44.8. The summed E-state index contributed by atoms with van der Waals surface area (Å²) in [6.07, 6.45) is -30.3. The smallest absolute Gasteiger partial charge is 0.187 e. The van der Waals surface area contributed by atoms with Crippen LogP contribution >= 0.6 is 0 Å². The highest BCUT2D eigenvalue weighted by Crippen LogP contribution is 2.35. The van der Waals surface area contributed by atoms with Crippen LogP contribution in [0.3, 0.4) is 0 Å². The molecule has 21 unspecified atom stereocenters. The number of methoxy groups -OCH3 is 2. The Labute approximate surface area is 304 Å². The van der Waals surface area contributed by atoms with Crippen LogP contribution in [0.1, 0.15) is 13.8 Å². The second-order valence-corrected chi connectivity index (χ2v) is 13.9. The number of hydrogen-bond acceptors (Lipinski definition) is 22. The summed E-state index contributed by atoms with van der Waals surface area (Å²) in [4.78, 5) is 0. The number of hydrogen-bond donors (Lipinski definition) is 12. The van der Waals surface area contributed by atoms with Crippen LogP contribution < -0.4 is 0 Å². The van der Waals surface area contributed by atoms with Gasteiger partial charge in [0.05, 0.1) is 45.7 Å². The molecule has 0 spiro atoms. The lowest BCUT2D eigenvalue weighted by Crippen LogP contribution is -2.67. The maximum Gasteiger partial charge on any atom is 0.187 e. The Morgan fingerprint density at radius 1 is 0.509 bits per heavy atom. The van der Waals surface area contributed by atoms with Gasteiger partial charge in [-0.1, -0.05) is 0 Å². The topological polar surface area (TPSA) is 335 Å². The van der Waals surface area contributed by atoms with Gasteiger partial charge >= 0.3 is 0 Å². The normalized spacial score (nSPS) is 48.0. The molecule has 22 nitrogen and oxygen atoms in total. The molecule has 4 fully saturated rings. The van der Waals surface area contributed by atoms with Gasteiger partial charge in [-0.15, -0.1) is 0 Å². The maximum atomic E-state index is 11.5. The van der Waals surface area contributed by atoms with Crippen LogP contribution in [-0.2, 0) is 47.4 Å². The third kappa shape index (κ3) is 9.99. The fourth-order valence-electron chi connectivity index (χ4n) is 6.68. The van der Waals surface area contributed by atoms with Crippen molar-refractivity contribution in [3.63, 3.8) is 0 Å². The van der Waals surface area contributed by atoms with Crippen LogP contribution in [0.5, 0.6) is 0 Å². The molecule has 0 saturated carbocycles. The zero-order valence-corrected chi connectivity index (χ0v) is 29.7. The highest BCUT2D eigenvalue weighted by molar-refractivity contribution is 4.98. The van der Waals surface area contributed by atoms with Crippen molar-refractivity contribution in [2.24, 2.45) is 0 Å². The van der Waals surface area contributed by atoms with Crippen molar-refractivity contribution in [3.05, 3.63) is 0 Å². The molecule has 0 aromatic carbocycles. The summed E-state index contributed by atoms with van der Waals surface area (Å²) in [5.41, 5.74) is -1.80. The molecular weight excluding hydrogens is 724 g/mol. The van der Waals surface area contributed by atoms with E-state index in [1.54, 1.807) is 0 Å². The summed E-state index contributed by atoms with van der Waals surface area (Å²) in [5.74, 6) is 0. The minimum Gasteiger partial charge on any atom is -0.394 e.